The van der Waals surface area contributed by atoms with Gasteiger partial charge in [-0.2, -0.15) is 0 Å². The normalized spacial score (nSPS) is 17.8. The molecule has 2 aliphatic heterocycles. The van der Waals surface area contributed by atoms with E-state index < -0.39 is 5.97 Å². The van der Waals surface area contributed by atoms with Crippen molar-refractivity contribution in [2.45, 2.75) is 12.8 Å². The summed E-state index contributed by atoms with van der Waals surface area (Å²) in [5.74, 6) is 0.281. The van der Waals surface area contributed by atoms with E-state index in [9.17, 15) is 9.59 Å². The quantitative estimate of drug-likeness (QED) is 0.590. The van der Waals surface area contributed by atoms with Crippen LogP contribution in [0.15, 0.2) is 34.8 Å². The number of carbonyl (C=O) groups is 2. The molecule has 8 heteroatoms. The SMILES string of the molecule is COc1cccc2c1OCC(/C=C1\SC(=S)N(CCCC(=O)O)C1=O)=C2. The summed E-state index contributed by atoms with van der Waals surface area (Å²) in [7, 11) is 1.59. The molecule has 1 aromatic carbocycles. The van der Waals surface area contributed by atoms with E-state index in [1.807, 2.05) is 24.3 Å². The lowest BCUT2D eigenvalue weighted by atomic mass is 10.1. The molecular weight excluding hydrogens is 374 g/mol. The second-order valence-electron chi connectivity index (χ2n) is 5.72. The average molecular weight is 391 g/mol. The number of para-hydroxylation sites is 1. The van der Waals surface area contributed by atoms with Gasteiger partial charge in [-0.3, -0.25) is 14.5 Å². The fraction of sp³-hybridized carbons (Fsp3) is 0.278. The van der Waals surface area contributed by atoms with E-state index in [0.717, 1.165) is 11.1 Å². The van der Waals surface area contributed by atoms with Crippen molar-refractivity contribution >= 4 is 46.3 Å². The number of methoxy groups -OCH3 is 1. The van der Waals surface area contributed by atoms with Crippen molar-refractivity contribution in [3.63, 3.8) is 0 Å². The summed E-state index contributed by atoms with van der Waals surface area (Å²) in [6.07, 6.45) is 4.11. The Hall–Kier alpha value is -2.32. The zero-order chi connectivity index (χ0) is 18.7. The second-order valence-corrected chi connectivity index (χ2v) is 7.39. The van der Waals surface area contributed by atoms with Crippen LogP contribution >= 0.6 is 24.0 Å². The lowest BCUT2D eigenvalue weighted by Gasteiger charge is -2.18. The summed E-state index contributed by atoms with van der Waals surface area (Å²) in [5.41, 5.74) is 1.75. The molecule has 2 aliphatic rings. The smallest absolute Gasteiger partial charge is 0.303 e. The van der Waals surface area contributed by atoms with E-state index >= 15 is 0 Å². The van der Waals surface area contributed by atoms with Crippen LogP contribution in [0, 0.1) is 0 Å². The molecule has 1 fully saturated rings. The largest absolute Gasteiger partial charge is 0.493 e. The number of hydrogen-bond acceptors (Lipinski definition) is 6. The summed E-state index contributed by atoms with van der Waals surface area (Å²) >= 11 is 6.47. The van der Waals surface area contributed by atoms with E-state index in [-0.39, 0.29) is 12.3 Å². The number of carbonyl (C=O) groups excluding carboxylic acids is 1. The van der Waals surface area contributed by atoms with E-state index in [2.05, 4.69) is 0 Å². The highest BCUT2D eigenvalue weighted by atomic mass is 32.2. The van der Waals surface area contributed by atoms with Crippen molar-refractivity contribution in [1.82, 2.24) is 4.90 Å². The molecule has 1 aromatic rings. The first kappa shape index (κ1) is 18.5. The Morgan fingerprint density at radius 1 is 1.50 bits per heavy atom. The van der Waals surface area contributed by atoms with Crippen LogP contribution in [0.5, 0.6) is 11.5 Å². The lowest BCUT2D eigenvalue weighted by molar-refractivity contribution is -0.137. The zero-order valence-electron chi connectivity index (χ0n) is 14.1. The number of hydrogen-bond donors (Lipinski definition) is 1. The van der Waals surface area contributed by atoms with Gasteiger partial charge < -0.3 is 14.6 Å². The Morgan fingerprint density at radius 2 is 2.31 bits per heavy atom. The molecular formula is C18H17NO5S2. The number of amides is 1. The highest BCUT2D eigenvalue weighted by Crippen LogP contribution is 2.37. The van der Waals surface area contributed by atoms with Crippen molar-refractivity contribution in [1.29, 1.82) is 0 Å². The number of ether oxygens (including phenoxy) is 2. The summed E-state index contributed by atoms with van der Waals surface area (Å²) in [5, 5.41) is 8.72. The second kappa shape index (κ2) is 7.92. The van der Waals surface area contributed by atoms with Crippen molar-refractivity contribution in [3.8, 4) is 11.5 Å². The van der Waals surface area contributed by atoms with Gasteiger partial charge >= 0.3 is 5.97 Å². The molecule has 1 amide bonds. The first-order valence-electron chi connectivity index (χ1n) is 7.97. The minimum Gasteiger partial charge on any atom is -0.493 e. The van der Waals surface area contributed by atoms with E-state index in [4.69, 9.17) is 26.8 Å². The Morgan fingerprint density at radius 3 is 3.04 bits per heavy atom. The van der Waals surface area contributed by atoms with Crippen molar-refractivity contribution in [2.75, 3.05) is 20.3 Å². The van der Waals surface area contributed by atoms with E-state index in [1.54, 1.807) is 13.2 Å². The lowest BCUT2D eigenvalue weighted by Crippen LogP contribution is -2.29. The van der Waals surface area contributed by atoms with Gasteiger partial charge in [-0.05, 0) is 30.2 Å². The number of nitrogens with zero attached hydrogens (tertiary/aromatic N) is 1. The fourth-order valence-corrected chi connectivity index (χ4v) is 4.02. The molecule has 0 saturated carbocycles. The van der Waals surface area contributed by atoms with E-state index in [0.29, 0.717) is 40.3 Å². The molecule has 0 bridgehead atoms. The highest BCUT2D eigenvalue weighted by molar-refractivity contribution is 8.26. The molecule has 0 aromatic heterocycles. The molecule has 6 nitrogen and oxygen atoms in total. The number of thioether (sulfide) groups is 1. The monoisotopic (exact) mass is 391 g/mol. The van der Waals surface area contributed by atoms with Gasteiger partial charge in [-0.15, -0.1) is 0 Å². The Kier molecular flexibility index (Phi) is 5.63. The molecule has 26 heavy (non-hydrogen) atoms. The third kappa shape index (κ3) is 3.91. The number of thiocarbonyl (C=S) groups is 1. The summed E-state index contributed by atoms with van der Waals surface area (Å²) in [6.45, 7) is 0.639. The van der Waals surface area contributed by atoms with Crippen molar-refractivity contribution in [3.05, 3.63) is 40.3 Å². The van der Waals surface area contributed by atoms with Gasteiger partial charge in [0, 0.05) is 18.5 Å². The van der Waals surface area contributed by atoms with Gasteiger partial charge in [0.25, 0.3) is 5.91 Å². The van der Waals surface area contributed by atoms with Crippen LogP contribution in [-0.2, 0) is 9.59 Å². The van der Waals surface area contributed by atoms with Crippen LogP contribution in [0.3, 0.4) is 0 Å². The van der Waals surface area contributed by atoms with Crippen LogP contribution in [0.4, 0.5) is 0 Å². The fourth-order valence-electron chi connectivity index (χ4n) is 2.69. The van der Waals surface area contributed by atoms with Crippen LogP contribution in [0.25, 0.3) is 6.08 Å². The minimum atomic E-state index is -0.885. The Balaban J connectivity index is 1.76. The number of carboxylic acid groups (broad SMARTS) is 1. The summed E-state index contributed by atoms with van der Waals surface area (Å²) in [4.78, 5) is 25.1. The maximum Gasteiger partial charge on any atom is 0.303 e. The minimum absolute atomic E-state index is 0.00766. The summed E-state index contributed by atoms with van der Waals surface area (Å²) in [6, 6.07) is 5.63. The number of carboxylic acids is 1. The van der Waals surface area contributed by atoms with Crippen LogP contribution in [0.2, 0.25) is 0 Å². The molecule has 0 aliphatic carbocycles. The molecule has 0 atom stereocenters. The van der Waals surface area contributed by atoms with Crippen molar-refractivity contribution < 1.29 is 24.2 Å². The predicted molar refractivity (Wildman–Crippen MR) is 103 cm³/mol. The standard InChI is InChI=1S/C18H17NO5S2/c1-23-13-5-2-4-12-8-11(10-24-16(12)13)9-14-17(22)19(18(25)26-14)7-3-6-15(20)21/h2,4-5,8-9H,3,6-7,10H2,1H3,(H,20,21)/b14-9-. The van der Waals surface area contributed by atoms with Gasteiger partial charge in [0.2, 0.25) is 0 Å². The van der Waals surface area contributed by atoms with Crippen LogP contribution in [-0.4, -0.2) is 46.5 Å². The molecule has 0 unspecified atom stereocenters. The van der Waals surface area contributed by atoms with Gasteiger partial charge in [0.05, 0.1) is 12.0 Å². The molecule has 1 N–H and O–H groups in total. The number of aliphatic carboxylic acids is 1. The van der Waals surface area contributed by atoms with E-state index in [1.165, 1.54) is 16.7 Å². The molecule has 136 valence electrons. The summed E-state index contributed by atoms with van der Waals surface area (Å²) < 4.78 is 11.5. The zero-order valence-corrected chi connectivity index (χ0v) is 15.7. The third-order valence-corrected chi connectivity index (χ3v) is 5.29. The predicted octanol–water partition coefficient (Wildman–Crippen LogP) is 3.08. The Bertz CT molecular complexity index is 831. The number of rotatable bonds is 6. The van der Waals surface area contributed by atoms with Crippen molar-refractivity contribution in [2.24, 2.45) is 0 Å². The molecule has 1 saturated heterocycles. The van der Waals surface area contributed by atoms with Gasteiger partial charge in [0.1, 0.15) is 10.9 Å². The molecule has 0 radical (unpaired) electrons. The first-order chi connectivity index (χ1) is 12.5. The average Bonchev–Trinajstić information content (AvgIpc) is 2.88. The maximum atomic E-state index is 12.5. The molecule has 0 spiro atoms. The third-order valence-electron chi connectivity index (χ3n) is 3.92. The maximum absolute atomic E-state index is 12.5. The van der Waals surface area contributed by atoms with Gasteiger partial charge in [0.15, 0.2) is 11.5 Å². The molecule has 2 heterocycles. The van der Waals surface area contributed by atoms with Gasteiger partial charge in [-0.1, -0.05) is 36.1 Å². The Labute approximate surface area is 160 Å². The van der Waals surface area contributed by atoms with Crippen LogP contribution in [0.1, 0.15) is 18.4 Å². The topological polar surface area (TPSA) is 76.1 Å². The van der Waals surface area contributed by atoms with Crippen LogP contribution < -0.4 is 9.47 Å². The first-order valence-corrected chi connectivity index (χ1v) is 9.19. The number of fused-ring (bicyclic) bond motifs is 1. The molecule has 3 rings (SSSR count). The van der Waals surface area contributed by atoms with Gasteiger partial charge in [-0.25, -0.2) is 0 Å². The highest BCUT2D eigenvalue weighted by Gasteiger charge is 2.32. The number of benzene rings is 1.